The highest BCUT2D eigenvalue weighted by Crippen LogP contribution is 2.22. The van der Waals surface area contributed by atoms with E-state index in [1.54, 1.807) is 11.6 Å². The maximum atomic E-state index is 12.4. The first-order valence-corrected chi connectivity index (χ1v) is 8.39. The summed E-state index contributed by atoms with van der Waals surface area (Å²) in [5, 5.41) is 0.455. The second-order valence-electron chi connectivity index (χ2n) is 4.95. The van der Waals surface area contributed by atoms with E-state index in [9.17, 15) is 8.42 Å². The van der Waals surface area contributed by atoms with Crippen molar-refractivity contribution in [1.82, 2.24) is 23.8 Å². The van der Waals surface area contributed by atoms with Crippen LogP contribution in [0.3, 0.4) is 0 Å². The maximum Gasteiger partial charge on any atom is 0.316 e. The quantitative estimate of drug-likeness (QED) is 0.812. The fourth-order valence-electron chi connectivity index (χ4n) is 2.18. The molecule has 3 rings (SSSR count). The smallest absolute Gasteiger partial charge is 0.316 e. The zero-order valence-electron chi connectivity index (χ0n) is 11.8. The van der Waals surface area contributed by atoms with Crippen LogP contribution < -0.4 is 4.74 Å². The van der Waals surface area contributed by atoms with Crippen molar-refractivity contribution in [2.24, 2.45) is 7.05 Å². The molecule has 22 heavy (non-hydrogen) atoms. The summed E-state index contributed by atoms with van der Waals surface area (Å²) in [5.74, 6) is 0. The summed E-state index contributed by atoms with van der Waals surface area (Å²) < 4.78 is 33.4. The number of nitrogens with zero attached hydrogens (tertiary/aromatic N) is 5. The molecule has 0 amide bonds. The van der Waals surface area contributed by atoms with Gasteiger partial charge in [0.15, 0.2) is 5.03 Å². The van der Waals surface area contributed by atoms with Gasteiger partial charge in [-0.05, 0) is 6.42 Å². The van der Waals surface area contributed by atoms with Crippen molar-refractivity contribution >= 4 is 21.6 Å². The zero-order valence-corrected chi connectivity index (χ0v) is 13.3. The first-order chi connectivity index (χ1) is 10.4. The fourth-order valence-corrected chi connectivity index (χ4v) is 3.73. The Morgan fingerprint density at radius 2 is 2.05 bits per heavy atom. The molecule has 2 aromatic heterocycles. The summed E-state index contributed by atoms with van der Waals surface area (Å²) in [6, 6.07) is 0.187. The Morgan fingerprint density at radius 3 is 2.68 bits per heavy atom. The van der Waals surface area contributed by atoms with E-state index in [2.05, 4.69) is 15.0 Å². The van der Waals surface area contributed by atoms with Gasteiger partial charge in [-0.3, -0.25) is 0 Å². The number of hydrogen-bond acceptors (Lipinski definition) is 6. The van der Waals surface area contributed by atoms with Crippen LogP contribution >= 0.6 is 11.6 Å². The average Bonchev–Trinajstić information content (AvgIpc) is 3.11. The van der Waals surface area contributed by atoms with E-state index in [1.165, 1.54) is 29.2 Å². The SMILES string of the molecule is Cn1cnc(S(=O)(=O)N2CC[C@@H](Oc3ncc(Cl)cn3)C2)c1. The van der Waals surface area contributed by atoms with Gasteiger partial charge in [0.1, 0.15) is 6.10 Å². The molecule has 1 fully saturated rings. The number of hydrogen-bond donors (Lipinski definition) is 0. The molecule has 118 valence electrons. The number of rotatable bonds is 4. The Bertz CT molecular complexity index is 761. The van der Waals surface area contributed by atoms with Gasteiger partial charge in [-0.1, -0.05) is 11.6 Å². The van der Waals surface area contributed by atoms with E-state index in [0.29, 0.717) is 18.0 Å². The lowest BCUT2D eigenvalue weighted by Gasteiger charge is -2.15. The molecule has 1 saturated heterocycles. The first kappa shape index (κ1) is 15.2. The average molecular weight is 344 g/mol. The Hall–Kier alpha value is -1.71. The van der Waals surface area contributed by atoms with E-state index in [4.69, 9.17) is 16.3 Å². The minimum absolute atomic E-state index is 0.0402. The van der Waals surface area contributed by atoms with Crippen molar-refractivity contribution in [3.05, 3.63) is 29.9 Å². The van der Waals surface area contributed by atoms with Gasteiger partial charge in [0.25, 0.3) is 10.0 Å². The van der Waals surface area contributed by atoms with Crippen LogP contribution in [0.15, 0.2) is 29.9 Å². The number of ether oxygens (including phenoxy) is 1. The predicted octanol–water partition coefficient (Wildman–Crippen LogP) is 0.705. The van der Waals surface area contributed by atoms with Gasteiger partial charge in [-0.25, -0.2) is 23.4 Å². The lowest BCUT2D eigenvalue weighted by molar-refractivity contribution is 0.197. The van der Waals surface area contributed by atoms with E-state index in [-0.39, 0.29) is 23.7 Å². The second-order valence-corrected chi connectivity index (χ2v) is 7.27. The number of aryl methyl sites for hydroxylation is 1. The summed E-state index contributed by atoms with van der Waals surface area (Å²) in [5.41, 5.74) is 0. The van der Waals surface area contributed by atoms with Crippen molar-refractivity contribution in [3.63, 3.8) is 0 Å². The summed E-state index contributed by atoms with van der Waals surface area (Å²) in [4.78, 5) is 11.8. The minimum Gasteiger partial charge on any atom is -0.459 e. The van der Waals surface area contributed by atoms with Gasteiger partial charge in [0, 0.05) is 19.8 Å². The molecule has 2 aromatic rings. The second kappa shape index (κ2) is 5.82. The van der Waals surface area contributed by atoms with Crippen LogP contribution in [0, 0.1) is 0 Å². The molecule has 0 aliphatic carbocycles. The number of imidazole rings is 1. The first-order valence-electron chi connectivity index (χ1n) is 6.57. The highest BCUT2D eigenvalue weighted by Gasteiger charge is 2.35. The van der Waals surface area contributed by atoms with Crippen LogP contribution in [0.4, 0.5) is 0 Å². The molecule has 1 aliphatic rings. The highest BCUT2D eigenvalue weighted by atomic mass is 35.5. The molecule has 0 radical (unpaired) electrons. The minimum atomic E-state index is -3.59. The third-order valence-electron chi connectivity index (χ3n) is 3.26. The van der Waals surface area contributed by atoms with Crippen molar-refractivity contribution in [3.8, 4) is 6.01 Å². The molecular formula is C12H14ClN5O3S. The fraction of sp³-hybridized carbons (Fsp3) is 0.417. The third-order valence-corrected chi connectivity index (χ3v) is 5.21. The summed E-state index contributed by atoms with van der Waals surface area (Å²) in [6.45, 7) is 0.613. The van der Waals surface area contributed by atoms with Gasteiger partial charge in [0.05, 0.1) is 30.3 Å². The van der Waals surface area contributed by atoms with E-state index >= 15 is 0 Å². The van der Waals surface area contributed by atoms with E-state index < -0.39 is 10.0 Å². The maximum absolute atomic E-state index is 12.4. The largest absolute Gasteiger partial charge is 0.459 e. The van der Waals surface area contributed by atoms with Gasteiger partial charge >= 0.3 is 6.01 Å². The molecule has 3 heterocycles. The molecule has 10 heteroatoms. The van der Waals surface area contributed by atoms with Gasteiger partial charge in [-0.15, -0.1) is 0 Å². The molecule has 0 aromatic carbocycles. The monoisotopic (exact) mass is 343 g/mol. The molecule has 0 spiro atoms. The van der Waals surface area contributed by atoms with Crippen molar-refractivity contribution in [2.45, 2.75) is 17.6 Å². The molecule has 0 unspecified atom stereocenters. The lowest BCUT2D eigenvalue weighted by Crippen LogP contribution is -2.31. The number of sulfonamides is 1. The van der Waals surface area contributed by atoms with Crippen molar-refractivity contribution in [2.75, 3.05) is 13.1 Å². The Kier molecular flexibility index (Phi) is 4.02. The van der Waals surface area contributed by atoms with E-state index in [1.807, 2.05) is 0 Å². The summed E-state index contributed by atoms with van der Waals surface area (Å²) >= 11 is 5.70. The topological polar surface area (TPSA) is 90.2 Å². The predicted molar refractivity (Wildman–Crippen MR) is 78.0 cm³/mol. The normalized spacial score (nSPS) is 19.5. The standard InChI is InChI=1S/C12H14ClN5O3S/c1-17-7-11(16-8-17)22(19,20)18-3-2-10(6-18)21-12-14-4-9(13)5-15-12/h4-5,7-8,10H,2-3,6H2,1H3/t10-/m1/s1. The van der Waals surface area contributed by atoms with Gasteiger partial charge < -0.3 is 9.30 Å². The van der Waals surface area contributed by atoms with E-state index in [0.717, 1.165) is 0 Å². The Labute approximate surface area is 132 Å². The third kappa shape index (κ3) is 3.06. The molecule has 8 nitrogen and oxygen atoms in total. The van der Waals surface area contributed by atoms with Gasteiger partial charge in [0.2, 0.25) is 0 Å². The lowest BCUT2D eigenvalue weighted by atomic mass is 10.3. The van der Waals surface area contributed by atoms with Crippen LogP contribution in [0.1, 0.15) is 6.42 Å². The van der Waals surface area contributed by atoms with Crippen molar-refractivity contribution < 1.29 is 13.2 Å². The van der Waals surface area contributed by atoms with Crippen LogP contribution in [0.5, 0.6) is 6.01 Å². The molecular weight excluding hydrogens is 330 g/mol. The van der Waals surface area contributed by atoms with Crippen LogP contribution in [0.25, 0.3) is 0 Å². The van der Waals surface area contributed by atoms with Crippen LogP contribution in [0.2, 0.25) is 5.02 Å². The Morgan fingerprint density at radius 1 is 1.32 bits per heavy atom. The zero-order chi connectivity index (χ0) is 15.7. The number of halogens is 1. The molecule has 1 aliphatic heterocycles. The van der Waals surface area contributed by atoms with Crippen LogP contribution in [-0.4, -0.2) is 51.4 Å². The van der Waals surface area contributed by atoms with Gasteiger partial charge in [-0.2, -0.15) is 4.31 Å². The molecule has 1 atom stereocenters. The highest BCUT2D eigenvalue weighted by molar-refractivity contribution is 7.89. The van der Waals surface area contributed by atoms with Crippen molar-refractivity contribution in [1.29, 1.82) is 0 Å². The molecule has 0 saturated carbocycles. The molecule has 0 N–H and O–H groups in total. The summed E-state index contributed by atoms with van der Waals surface area (Å²) in [6.07, 6.45) is 6.07. The Balaban J connectivity index is 1.68. The number of aromatic nitrogens is 4. The van der Waals surface area contributed by atoms with Crippen LogP contribution in [-0.2, 0) is 17.1 Å². The summed E-state index contributed by atoms with van der Waals surface area (Å²) in [7, 11) is -1.87. The molecule has 0 bridgehead atoms.